The summed E-state index contributed by atoms with van der Waals surface area (Å²) < 4.78 is 14.0. The molecule has 4 heteroatoms. The molecule has 0 unspecified atom stereocenters. The first-order chi connectivity index (χ1) is 6.33. The minimum Gasteiger partial charge on any atom is -0.407 e. The second-order valence-electron chi connectivity index (χ2n) is 2.50. The molecule has 0 fully saturated rings. The minimum atomic E-state index is -0.719. The summed E-state index contributed by atoms with van der Waals surface area (Å²) in [6.07, 6.45) is 6.51. The van der Waals surface area contributed by atoms with Crippen LogP contribution in [0.1, 0.15) is 12.8 Å². The molecule has 0 aromatic carbocycles. The molecule has 0 amide bonds. The van der Waals surface area contributed by atoms with Crippen LogP contribution in [0.15, 0.2) is 24.0 Å². The van der Waals surface area contributed by atoms with Gasteiger partial charge in [0.15, 0.2) is 6.79 Å². The van der Waals surface area contributed by atoms with Crippen LogP contribution < -0.4 is 0 Å². The number of methoxy groups -OCH3 is 1. The number of rotatable bonds is 3. The first kappa shape index (κ1) is 9.80. The molecule has 1 rings (SSSR count). The molecule has 0 saturated carbocycles. The Kier molecular flexibility index (Phi) is 4.05. The van der Waals surface area contributed by atoms with Gasteiger partial charge in [0.05, 0.1) is 0 Å². The molecule has 0 atom stereocenters. The Morgan fingerprint density at radius 2 is 2.46 bits per heavy atom. The maximum Gasteiger partial charge on any atom is 0.515 e. The molecule has 0 spiro atoms. The topological polar surface area (TPSA) is 44.8 Å². The largest absolute Gasteiger partial charge is 0.515 e. The molecule has 0 aromatic heterocycles. The summed E-state index contributed by atoms with van der Waals surface area (Å²) in [6, 6.07) is 0. The zero-order valence-electron chi connectivity index (χ0n) is 7.49. The Bertz CT molecular complexity index is 230. The Balaban J connectivity index is 2.27. The van der Waals surface area contributed by atoms with Gasteiger partial charge in [-0.1, -0.05) is 12.2 Å². The van der Waals surface area contributed by atoms with Crippen molar-refractivity contribution in [3.05, 3.63) is 24.0 Å². The second-order valence-corrected chi connectivity index (χ2v) is 2.50. The van der Waals surface area contributed by atoms with Crippen molar-refractivity contribution >= 4 is 6.16 Å². The highest BCUT2D eigenvalue weighted by Gasteiger charge is 2.08. The third kappa shape index (κ3) is 3.75. The first-order valence-corrected chi connectivity index (χ1v) is 4.02. The molecule has 72 valence electrons. The van der Waals surface area contributed by atoms with Crippen molar-refractivity contribution < 1.29 is 19.0 Å². The van der Waals surface area contributed by atoms with Crippen LogP contribution in [0.4, 0.5) is 4.79 Å². The summed E-state index contributed by atoms with van der Waals surface area (Å²) in [7, 11) is 1.44. The number of hydrogen-bond acceptors (Lipinski definition) is 4. The monoisotopic (exact) mass is 184 g/mol. The third-order valence-electron chi connectivity index (χ3n) is 1.48. The summed E-state index contributed by atoms with van der Waals surface area (Å²) in [5, 5.41) is 0. The number of hydrogen-bond donors (Lipinski definition) is 0. The molecule has 0 aliphatic heterocycles. The van der Waals surface area contributed by atoms with E-state index in [0.717, 1.165) is 12.8 Å². The highest BCUT2D eigenvalue weighted by atomic mass is 16.8. The molecule has 0 heterocycles. The highest BCUT2D eigenvalue weighted by molar-refractivity contribution is 5.61. The van der Waals surface area contributed by atoms with Crippen LogP contribution in [0, 0.1) is 0 Å². The van der Waals surface area contributed by atoms with Gasteiger partial charge < -0.3 is 14.2 Å². The summed E-state index contributed by atoms with van der Waals surface area (Å²) >= 11 is 0. The van der Waals surface area contributed by atoms with Crippen LogP contribution in [-0.4, -0.2) is 20.1 Å². The predicted molar refractivity (Wildman–Crippen MR) is 45.9 cm³/mol. The van der Waals surface area contributed by atoms with Crippen molar-refractivity contribution in [1.82, 2.24) is 0 Å². The van der Waals surface area contributed by atoms with Crippen molar-refractivity contribution in [2.75, 3.05) is 13.9 Å². The van der Waals surface area contributed by atoms with E-state index in [1.54, 1.807) is 6.08 Å². The van der Waals surface area contributed by atoms with Crippen molar-refractivity contribution in [2.45, 2.75) is 12.8 Å². The fraction of sp³-hybridized carbons (Fsp3) is 0.444. The lowest BCUT2D eigenvalue weighted by atomic mass is 10.2. The van der Waals surface area contributed by atoms with Gasteiger partial charge in [-0.2, -0.15) is 0 Å². The van der Waals surface area contributed by atoms with Crippen LogP contribution in [-0.2, 0) is 14.2 Å². The van der Waals surface area contributed by atoms with Crippen molar-refractivity contribution in [3.63, 3.8) is 0 Å². The van der Waals surface area contributed by atoms with E-state index in [0.29, 0.717) is 5.76 Å². The lowest BCUT2D eigenvalue weighted by Gasteiger charge is -2.09. The molecule has 0 radical (unpaired) electrons. The van der Waals surface area contributed by atoms with E-state index in [1.807, 2.05) is 12.2 Å². The highest BCUT2D eigenvalue weighted by Crippen LogP contribution is 2.13. The van der Waals surface area contributed by atoms with Crippen LogP contribution in [0.2, 0.25) is 0 Å². The van der Waals surface area contributed by atoms with Crippen LogP contribution in [0.25, 0.3) is 0 Å². The SMILES string of the molecule is COCOC(=O)OC1=CC=CCC1. The standard InChI is InChI=1S/C9H12O4/c1-11-7-12-9(10)13-8-5-3-2-4-6-8/h2-3,5H,4,6-7H2,1H3. The fourth-order valence-electron chi connectivity index (χ4n) is 0.909. The van der Waals surface area contributed by atoms with E-state index in [-0.39, 0.29) is 6.79 Å². The van der Waals surface area contributed by atoms with Gasteiger partial charge in [0.2, 0.25) is 0 Å². The van der Waals surface area contributed by atoms with Gasteiger partial charge >= 0.3 is 6.16 Å². The molecule has 0 saturated heterocycles. The second kappa shape index (κ2) is 5.37. The van der Waals surface area contributed by atoms with Gasteiger partial charge in [-0.25, -0.2) is 4.79 Å². The van der Waals surface area contributed by atoms with Gasteiger partial charge in [-0.3, -0.25) is 0 Å². The third-order valence-corrected chi connectivity index (χ3v) is 1.48. The van der Waals surface area contributed by atoms with E-state index in [4.69, 9.17) is 4.74 Å². The normalized spacial score (nSPS) is 15.0. The predicted octanol–water partition coefficient (Wildman–Crippen LogP) is 1.98. The maximum atomic E-state index is 10.9. The van der Waals surface area contributed by atoms with Crippen molar-refractivity contribution in [1.29, 1.82) is 0 Å². The van der Waals surface area contributed by atoms with Crippen molar-refractivity contribution in [3.8, 4) is 0 Å². The van der Waals surface area contributed by atoms with Gasteiger partial charge in [0.25, 0.3) is 0 Å². The lowest BCUT2D eigenvalue weighted by Crippen LogP contribution is -2.09. The average molecular weight is 184 g/mol. The average Bonchev–Trinajstić information content (AvgIpc) is 2.16. The molecule has 0 N–H and O–H groups in total. The summed E-state index contributed by atoms with van der Waals surface area (Å²) in [4.78, 5) is 10.9. The van der Waals surface area contributed by atoms with Gasteiger partial charge in [-0.05, 0) is 12.5 Å². The number of carbonyl (C=O) groups excluding carboxylic acids is 1. The van der Waals surface area contributed by atoms with E-state index < -0.39 is 6.16 Å². The van der Waals surface area contributed by atoms with Crippen LogP contribution in [0.3, 0.4) is 0 Å². The Morgan fingerprint density at radius 3 is 3.08 bits per heavy atom. The molecular weight excluding hydrogens is 172 g/mol. The zero-order chi connectivity index (χ0) is 9.52. The zero-order valence-corrected chi connectivity index (χ0v) is 7.49. The number of carbonyl (C=O) groups is 1. The molecule has 0 bridgehead atoms. The molecule has 13 heavy (non-hydrogen) atoms. The summed E-state index contributed by atoms with van der Waals surface area (Å²) in [5.41, 5.74) is 0. The fourth-order valence-corrected chi connectivity index (χ4v) is 0.909. The quantitative estimate of drug-likeness (QED) is 0.497. The van der Waals surface area contributed by atoms with E-state index in [1.165, 1.54) is 7.11 Å². The van der Waals surface area contributed by atoms with Crippen molar-refractivity contribution in [2.24, 2.45) is 0 Å². The molecule has 4 nitrogen and oxygen atoms in total. The van der Waals surface area contributed by atoms with Gasteiger partial charge in [0.1, 0.15) is 5.76 Å². The van der Waals surface area contributed by atoms with Crippen LogP contribution >= 0.6 is 0 Å². The summed E-state index contributed by atoms with van der Waals surface area (Å²) in [5.74, 6) is 0.628. The Morgan fingerprint density at radius 1 is 1.62 bits per heavy atom. The molecule has 1 aliphatic carbocycles. The lowest BCUT2D eigenvalue weighted by molar-refractivity contribution is -0.0177. The molecular formula is C9H12O4. The summed E-state index contributed by atoms with van der Waals surface area (Å²) in [6.45, 7) is -0.0814. The van der Waals surface area contributed by atoms with E-state index >= 15 is 0 Å². The van der Waals surface area contributed by atoms with Crippen LogP contribution in [0.5, 0.6) is 0 Å². The number of ether oxygens (including phenoxy) is 3. The van der Waals surface area contributed by atoms with Gasteiger partial charge in [-0.15, -0.1) is 0 Å². The number of allylic oxidation sites excluding steroid dienone is 4. The first-order valence-electron chi connectivity index (χ1n) is 4.02. The Hall–Kier alpha value is -1.29. The van der Waals surface area contributed by atoms with Gasteiger partial charge in [0, 0.05) is 13.5 Å². The van der Waals surface area contributed by atoms with E-state index in [2.05, 4.69) is 9.47 Å². The molecule has 0 aromatic rings. The minimum absolute atomic E-state index is 0.0814. The maximum absolute atomic E-state index is 10.9. The smallest absolute Gasteiger partial charge is 0.407 e. The molecule has 1 aliphatic rings. The van der Waals surface area contributed by atoms with E-state index in [9.17, 15) is 4.79 Å². The Labute approximate surface area is 76.8 Å².